The largest absolute Gasteiger partial charge is 0.618 e. The monoisotopic (exact) mass is 452 g/mol. The first-order valence-corrected chi connectivity index (χ1v) is 11.4. The van der Waals surface area contributed by atoms with Gasteiger partial charge in [-0.1, -0.05) is 0 Å². The maximum Gasteiger partial charge on any atom is 0.321 e. The van der Waals surface area contributed by atoms with Gasteiger partial charge in [-0.15, -0.1) is 0 Å². The Hall–Kier alpha value is -3.17. The lowest BCUT2D eigenvalue weighted by Crippen LogP contribution is -2.39. The standard InChI is InChI=1S/C24H28N4O5/c1-3-31-22-14-19-17(13-20(22)25-23(29)21-6-4-5-16(2)28(21)30)15-27(26-19)18-7-9-24(10-8-18)32-11-12-33-24/h4-6,13-15,18H,3,7-12H2,1-2H3,(H,25,29). The first-order chi connectivity index (χ1) is 16.0. The highest BCUT2D eigenvalue weighted by atomic mass is 16.7. The highest BCUT2D eigenvalue weighted by molar-refractivity contribution is 6.04. The van der Waals surface area contributed by atoms with Gasteiger partial charge in [0.05, 0.1) is 37.1 Å². The molecule has 1 N–H and O–H groups in total. The molecule has 1 saturated heterocycles. The van der Waals surface area contributed by atoms with Crippen LogP contribution in [0.1, 0.15) is 54.8 Å². The molecule has 1 aliphatic heterocycles. The average Bonchev–Trinajstić information content (AvgIpc) is 3.43. The van der Waals surface area contributed by atoms with Gasteiger partial charge in [-0.25, -0.2) is 0 Å². The number of pyridine rings is 1. The van der Waals surface area contributed by atoms with E-state index in [1.54, 1.807) is 19.1 Å². The molecule has 33 heavy (non-hydrogen) atoms. The Morgan fingerprint density at radius 3 is 2.79 bits per heavy atom. The molecule has 1 saturated carbocycles. The molecule has 1 aliphatic carbocycles. The normalized spacial score (nSPS) is 18.1. The maximum atomic E-state index is 12.8. The number of ether oxygens (including phenoxy) is 3. The minimum atomic E-state index is -0.490. The van der Waals surface area contributed by atoms with E-state index >= 15 is 0 Å². The fraction of sp³-hybridized carbons (Fsp3) is 0.458. The predicted molar refractivity (Wildman–Crippen MR) is 121 cm³/mol. The van der Waals surface area contributed by atoms with E-state index in [1.165, 1.54) is 6.07 Å². The number of fused-ring (bicyclic) bond motifs is 1. The summed E-state index contributed by atoms with van der Waals surface area (Å²) in [4.78, 5) is 12.8. The summed E-state index contributed by atoms with van der Waals surface area (Å²) >= 11 is 0. The molecule has 3 aromatic rings. The molecule has 2 aliphatic rings. The molecule has 5 rings (SSSR count). The van der Waals surface area contributed by atoms with Crippen LogP contribution in [0.15, 0.2) is 36.5 Å². The number of anilines is 1. The van der Waals surface area contributed by atoms with Crippen molar-refractivity contribution in [2.24, 2.45) is 0 Å². The molecule has 3 heterocycles. The zero-order valence-electron chi connectivity index (χ0n) is 18.9. The summed E-state index contributed by atoms with van der Waals surface area (Å²) in [5.41, 5.74) is 1.78. The summed E-state index contributed by atoms with van der Waals surface area (Å²) < 4.78 is 20.1. The van der Waals surface area contributed by atoms with Crippen molar-refractivity contribution in [2.75, 3.05) is 25.1 Å². The van der Waals surface area contributed by atoms with Crippen molar-refractivity contribution in [3.05, 3.63) is 53.1 Å². The third-order valence-electron chi connectivity index (χ3n) is 6.44. The summed E-state index contributed by atoms with van der Waals surface area (Å²) in [6.45, 7) is 5.31. The first-order valence-electron chi connectivity index (χ1n) is 11.4. The molecule has 1 aromatic carbocycles. The van der Waals surface area contributed by atoms with Crippen LogP contribution in [0.4, 0.5) is 5.69 Å². The van der Waals surface area contributed by atoms with Crippen LogP contribution in [0, 0.1) is 12.1 Å². The van der Waals surface area contributed by atoms with Gasteiger partial charge in [-0.2, -0.15) is 9.83 Å². The summed E-state index contributed by atoms with van der Waals surface area (Å²) in [6, 6.07) is 8.79. The molecule has 1 spiro atoms. The maximum absolute atomic E-state index is 12.8. The minimum absolute atomic E-state index is 0.0284. The van der Waals surface area contributed by atoms with E-state index in [9.17, 15) is 10.0 Å². The van der Waals surface area contributed by atoms with Gasteiger partial charge in [-0.05, 0) is 31.9 Å². The second-order valence-corrected chi connectivity index (χ2v) is 8.59. The van der Waals surface area contributed by atoms with E-state index in [2.05, 4.69) is 5.32 Å². The number of amides is 1. The third kappa shape index (κ3) is 4.14. The van der Waals surface area contributed by atoms with Crippen molar-refractivity contribution < 1.29 is 23.7 Å². The Bertz CT molecular complexity index is 1180. The van der Waals surface area contributed by atoms with Crippen molar-refractivity contribution in [3.63, 3.8) is 0 Å². The van der Waals surface area contributed by atoms with Gasteiger partial charge >= 0.3 is 5.91 Å². The Balaban J connectivity index is 1.40. The van der Waals surface area contributed by atoms with Crippen molar-refractivity contribution in [1.29, 1.82) is 0 Å². The third-order valence-corrected chi connectivity index (χ3v) is 6.44. The average molecular weight is 453 g/mol. The number of aromatic nitrogens is 3. The molecular formula is C24H28N4O5. The van der Waals surface area contributed by atoms with Crippen LogP contribution in [-0.2, 0) is 9.47 Å². The van der Waals surface area contributed by atoms with E-state index < -0.39 is 11.7 Å². The quantitative estimate of drug-likeness (QED) is 0.470. The van der Waals surface area contributed by atoms with E-state index in [1.807, 2.05) is 29.9 Å². The van der Waals surface area contributed by atoms with Crippen molar-refractivity contribution in [1.82, 2.24) is 9.78 Å². The summed E-state index contributed by atoms with van der Waals surface area (Å²) in [5.74, 6) is -0.378. The Labute approximate surface area is 191 Å². The molecule has 1 amide bonds. The second kappa shape index (κ2) is 8.64. The van der Waals surface area contributed by atoms with Gasteiger partial charge in [0.15, 0.2) is 11.5 Å². The first kappa shape index (κ1) is 21.7. The van der Waals surface area contributed by atoms with Crippen LogP contribution in [-0.4, -0.2) is 41.3 Å². The van der Waals surface area contributed by atoms with Crippen LogP contribution >= 0.6 is 0 Å². The molecule has 0 atom stereocenters. The van der Waals surface area contributed by atoms with E-state index in [4.69, 9.17) is 19.3 Å². The van der Waals surface area contributed by atoms with Crippen LogP contribution in [0.25, 0.3) is 10.9 Å². The summed E-state index contributed by atoms with van der Waals surface area (Å²) in [7, 11) is 0. The lowest BCUT2D eigenvalue weighted by Gasteiger charge is -2.35. The van der Waals surface area contributed by atoms with E-state index in [0.717, 1.165) is 36.6 Å². The number of rotatable bonds is 5. The Morgan fingerprint density at radius 1 is 1.30 bits per heavy atom. The molecule has 9 heteroatoms. The Kier molecular flexibility index (Phi) is 5.67. The highest BCUT2D eigenvalue weighted by Crippen LogP contribution is 2.40. The van der Waals surface area contributed by atoms with Crippen molar-refractivity contribution in [3.8, 4) is 5.75 Å². The number of nitrogens with zero attached hydrogens (tertiary/aromatic N) is 3. The van der Waals surface area contributed by atoms with Crippen LogP contribution in [0.2, 0.25) is 0 Å². The predicted octanol–water partition coefficient (Wildman–Crippen LogP) is 3.49. The topological polar surface area (TPSA) is 102 Å². The second-order valence-electron chi connectivity index (χ2n) is 8.59. The van der Waals surface area contributed by atoms with Crippen LogP contribution < -0.4 is 14.8 Å². The molecular weight excluding hydrogens is 424 g/mol. The number of carbonyl (C=O) groups is 1. The van der Waals surface area contributed by atoms with Gasteiger partial charge in [0, 0.05) is 49.5 Å². The molecule has 2 aromatic heterocycles. The minimum Gasteiger partial charge on any atom is -0.618 e. The van der Waals surface area contributed by atoms with Crippen LogP contribution in [0.3, 0.4) is 0 Å². The summed E-state index contributed by atoms with van der Waals surface area (Å²) in [6.07, 6.45) is 5.55. The van der Waals surface area contributed by atoms with Gasteiger partial charge in [-0.3, -0.25) is 9.48 Å². The lowest BCUT2D eigenvalue weighted by atomic mass is 9.90. The SMILES string of the molecule is CCOc1cc2nn(C3CCC4(CC3)OCCO4)cc2cc1NC(=O)c1cccc(C)[n+]1[O-]. The molecule has 2 fully saturated rings. The molecule has 9 nitrogen and oxygen atoms in total. The molecule has 0 radical (unpaired) electrons. The van der Waals surface area contributed by atoms with Gasteiger partial charge in [0.25, 0.3) is 5.69 Å². The molecule has 0 bridgehead atoms. The number of hydrogen-bond acceptors (Lipinski definition) is 6. The fourth-order valence-corrected chi connectivity index (χ4v) is 4.68. The highest BCUT2D eigenvalue weighted by Gasteiger charge is 2.40. The van der Waals surface area contributed by atoms with E-state index in [-0.39, 0.29) is 11.7 Å². The van der Waals surface area contributed by atoms with Gasteiger partial charge in [0.2, 0.25) is 0 Å². The number of hydrogen-bond donors (Lipinski definition) is 1. The Morgan fingerprint density at radius 2 is 2.06 bits per heavy atom. The van der Waals surface area contributed by atoms with Gasteiger partial charge < -0.3 is 24.7 Å². The number of aryl methyl sites for hydroxylation is 1. The number of nitrogens with one attached hydrogen (secondary N) is 1. The fourth-order valence-electron chi connectivity index (χ4n) is 4.68. The molecule has 174 valence electrons. The lowest BCUT2D eigenvalue weighted by molar-refractivity contribution is -0.614. The zero-order valence-corrected chi connectivity index (χ0v) is 18.9. The van der Waals surface area contributed by atoms with Gasteiger partial charge in [0.1, 0.15) is 5.75 Å². The van der Waals surface area contributed by atoms with Crippen LogP contribution in [0.5, 0.6) is 5.75 Å². The zero-order chi connectivity index (χ0) is 23.0. The number of benzene rings is 1. The molecule has 0 unspecified atom stereocenters. The van der Waals surface area contributed by atoms with Crippen molar-refractivity contribution in [2.45, 2.75) is 51.4 Å². The van der Waals surface area contributed by atoms with E-state index in [0.29, 0.717) is 41.7 Å². The summed E-state index contributed by atoms with van der Waals surface area (Å²) in [5, 5.41) is 20.8. The number of carbonyl (C=O) groups excluding carboxylic acids is 1. The smallest absolute Gasteiger partial charge is 0.321 e. The van der Waals surface area contributed by atoms with Crippen molar-refractivity contribution >= 4 is 22.5 Å².